The average Bonchev–Trinajstić information content (AvgIpc) is 2.62. The van der Waals surface area contributed by atoms with Gasteiger partial charge in [-0.2, -0.15) is 0 Å². The van der Waals surface area contributed by atoms with Crippen molar-refractivity contribution in [3.8, 4) is 5.75 Å². The number of carbonyl (C=O) groups is 1. The average molecular weight is 339 g/mol. The van der Waals surface area contributed by atoms with Crippen LogP contribution in [0.5, 0.6) is 5.75 Å². The lowest BCUT2D eigenvalue weighted by Gasteiger charge is -2.26. The van der Waals surface area contributed by atoms with Crippen LogP contribution in [0.4, 0.5) is 0 Å². The van der Waals surface area contributed by atoms with Crippen LogP contribution in [0, 0.1) is 0 Å². The third-order valence-electron chi connectivity index (χ3n) is 4.63. The largest absolute Gasteiger partial charge is 0.507 e. The van der Waals surface area contributed by atoms with Crippen LogP contribution in [0.3, 0.4) is 0 Å². The van der Waals surface area contributed by atoms with E-state index in [1.165, 1.54) is 6.42 Å². The van der Waals surface area contributed by atoms with Gasteiger partial charge in [-0.25, -0.2) is 0 Å². The monoisotopic (exact) mass is 338 g/mol. The standard InChI is InChI=1S/C15H19BrN2O2/c1-17-11-3-4-12(17)9-18(7-6-11)15(20)13-5-2-10(16)8-14(13)19/h2,5,8,11-12,19H,3-4,6-7,9H2,1H3. The molecule has 4 nitrogen and oxygen atoms in total. The number of hydrogen-bond donors (Lipinski definition) is 1. The highest BCUT2D eigenvalue weighted by Gasteiger charge is 2.36. The van der Waals surface area contributed by atoms with Gasteiger partial charge in [-0.05, 0) is 44.5 Å². The maximum absolute atomic E-state index is 12.6. The summed E-state index contributed by atoms with van der Waals surface area (Å²) in [5.41, 5.74) is 0.397. The minimum absolute atomic E-state index is 0.0483. The van der Waals surface area contributed by atoms with Crippen LogP contribution >= 0.6 is 15.9 Å². The van der Waals surface area contributed by atoms with Crippen molar-refractivity contribution in [3.63, 3.8) is 0 Å². The molecule has 0 radical (unpaired) electrons. The van der Waals surface area contributed by atoms with Gasteiger partial charge >= 0.3 is 0 Å². The first kappa shape index (κ1) is 13.9. The molecule has 2 saturated heterocycles. The first-order valence-electron chi connectivity index (χ1n) is 7.06. The number of benzene rings is 1. The SMILES string of the molecule is CN1C2CCC1CN(C(=O)c1ccc(Br)cc1O)CC2. The van der Waals surface area contributed by atoms with E-state index in [9.17, 15) is 9.90 Å². The zero-order valence-electron chi connectivity index (χ0n) is 11.6. The molecule has 2 aliphatic rings. The molecule has 0 saturated carbocycles. The molecular weight excluding hydrogens is 320 g/mol. The van der Waals surface area contributed by atoms with Gasteiger partial charge in [0, 0.05) is 29.6 Å². The summed E-state index contributed by atoms with van der Waals surface area (Å²) in [4.78, 5) is 16.9. The van der Waals surface area contributed by atoms with Gasteiger partial charge in [-0.1, -0.05) is 15.9 Å². The molecule has 0 aliphatic carbocycles. The normalized spacial score (nSPS) is 26.6. The first-order chi connectivity index (χ1) is 9.56. The highest BCUT2D eigenvalue weighted by molar-refractivity contribution is 9.10. The van der Waals surface area contributed by atoms with Crippen molar-refractivity contribution in [1.82, 2.24) is 9.80 Å². The number of likely N-dealkylation sites (tertiary alicyclic amines) is 1. The number of aromatic hydroxyl groups is 1. The van der Waals surface area contributed by atoms with Crippen molar-refractivity contribution >= 4 is 21.8 Å². The molecular formula is C15H19BrN2O2. The zero-order valence-corrected chi connectivity index (χ0v) is 13.1. The Morgan fingerprint density at radius 3 is 2.80 bits per heavy atom. The van der Waals surface area contributed by atoms with Crippen LogP contribution in [0.15, 0.2) is 22.7 Å². The number of phenolic OH excluding ortho intramolecular Hbond substituents is 1. The zero-order chi connectivity index (χ0) is 14.3. The second-order valence-electron chi connectivity index (χ2n) is 5.75. The van der Waals surface area contributed by atoms with E-state index in [1.54, 1.807) is 18.2 Å². The molecule has 2 aliphatic heterocycles. The highest BCUT2D eigenvalue weighted by atomic mass is 79.9. The number of rotatable bonds is 1. The van der Waals surface area contributed by atoms with Crippen LogP contribution < -0.4 is 0 Å². The summed E-state index contributed by atoms with van der Waals surface area (Å²) in [5.74, 6) is -0.0110. The molecule has 108 valence electrons. The van der Waals surface area contributed by atoms with Crippen molar-refractivity contribution in [2.24, 2.45) is 0 Å². The maximum Gasteiger partial charge on any atom is 0.257 e. The van der Waals surface area contributed by atoms with E-state index in [1.807, 2.05) is 4.90 Å². The van der Waals surface area contributed by atoms with Gasteiger partial charge in [0.15, 0.2) is 0 Å². The van der Waals surface area contributed by atoms with Crippen molar-refractivity contribution < 1.29 is 9.90 Å². The summed E-state index contributed by atoms with van der Waals surface area (Å²) in [6.45, 7) is 1.54. The van der Waals surface area contributed by atoms with E-state index in [4.69, 9.17) is 0 Å². The lowest BCUT2D eigenvalue weighted by atomic mass is 10.1. The molecule has 1 N–H and O–H groups in total. The van der Waals surface area contributed by atoms with Gasteiger partial charge in [-0.3, -0.25) is 9.69 Å². The first-order valence-corrected chi connectivity index (χ1v) is 7.85. The Morgan fingerprint density at radius 2 is 2.05 bits per heavy atom. The lowest BCUT2D eigenvalue weighted by molar-refractivity contribution is 0.0737. The fourth-order valence-corrected chi connectivity index (χ4v) is 3.70. The third kappa shape index (κ3) is 2.44. The smallest absolute Gasteiger partial charge is 0.257 e. The van der Waals surface area contributed by atoms with Gasteiger partial charge in [0.25, 0.3) is 5.91 Å². The molecule has 2 fully saturated rings. The molecule has 1 aromatic carbocycles. The van der Waals surface area contributed by atoms with Crippen LogP contribution in [0.1, 0.15) is 29.6 Å². The molecule has 2 heterocycles. The van der Waals surface area contributed by atoms with E-state index >= 15 is 0 Å². The summed E-state index contributed by atoms with van der Waals surface area (Å²) in [6, 6.07) is 6.13. The van der Waals surface area contributed by atoms with Crippen molar-refractivity contribution in [1.29, 1.82) is 0 Å². The molecule has 2 atom stereocenters. The van der Waals surface area contributed by atoms with E-state index < -0.39 is 0 Å². The number of fused-ring (bicyclic) bond motifs is 2. The second-order valence-corrected chi connectivity index (χ2v) is 6.67. The molecule has 0 aromatic heterocycles. The summed E-state index contributed by atoms with van der Waals surface area (Å²) in [6.07, 6.45) is 3.43. The number of hydrogen-bond acceptors (Lipinski definition) is 3. The molecule has 0 spiro atoms. The van der Waals surface area contributed by atoms with E-state index in [-0.39, 0.29) is 11.7 Å². The van der Waals surface area contributed by atoms with Crippen molar-refractivity contribution in [2.45, 2.75) is 31.3 Å². The molecule has 20 heavy (non-hydrogen) atoms. The Bertz CT molecular complexity index is 535. The summed E-state index contributed by atoms with van der Waals surface area (Å²) in [7, 11) is 2.16. The van der Waals surface area contributed by atoms with Gasteiger partial charge in [-0.15, -0.1) is 0 Å². The fourth-order valence-electron chi connectivity index (χ4n) is 3.35. The van der Waals surface area contributed by atoms with Gasteiger partial charge < -0.3 is 10.0 Å². The Morgan fingerprint density at radius 1 is 1.30 bits per heavy atom. The predicted octanol–water partition coefficient (Wildman–Crippen LogP) is 2.46. The highest BCUT2D eigenvalue weighted by Crippen LogP contribution is 2.30. The number of halogens is 1. The minimum atomic E-state index is -0.0593. The lowest BCUT2D eigenvalue weighted by Crippen LogP contribution is -2.39. The molecule has 5 heteroatoms. The number of amides is 1. The number of phenols is 1. The van der Waals surface area contributed by atoms with Gasteiger partial charge in [0.2, 0.25) is 0 Å². The van der Waals surface area contributed by atoms with Crippen LogP contribution in [0.2, 0.25) is 0 Å². The fraction of sp³-hybridized carbons (Fsp3) is 0.533. The Balaban J connectivity index is 1.80. The van der Waals surface area contributed by atoms with Crippen molar-refractivity contribution in [2.75, 3.05) is 20.1 Å². The van der Waals surface area contributed by atoms with Crippen molar-refractivity contribution in [3.05, 3.63) is 28.2 Å². The van der Waals surface area contributed by atoms with E-state index in [2.05, 4.69) is 27.9 Å². The topological polar surface area (TPSA) is 43.8 Å². The van der Waals surface area contributed by atoms with Gasteiger partial charge in [0.05, 0.1) is 5.56 Å². The molecule has 2 unspecified atom stereocenters. The van der Waals surface area contributed by atoms with Crippen LogP contribution in [-0.2, 0) is 0 Å². The summed E-state index contributed by atoms with van der Waals surface area (Å²) in [5, 5.41) is 9.96. The third-order valence-corrected chi connectivity index (χ3v) is 5.12. The van der Waals surface area contributed by atoms with Crippen LogP contribution in [0.25, 0.3) is 0 Å². The van der Waals surface area contributed by atoms with E-state index in [0.717, 1.165) is 30.4 Å². The Kier molecular flexibility index (Phi) is 3.73. The number of nitrogens with zero attached hydrogens (tertiary/aromatic N) is 2. The second kappa shape index (κ2) is 5.37. The quantitative estimate of drug-likeness (QED) is 0.855. The molecule has 2 bridgehead atoms. The Labute approximate surface area is 127 Å². The van der Waals surface area contributed by atoms with Gasteiger partial charge in [0.1, 0.15) is 5.75 Å². The molecule has 1 amide bonds. The summed E-state index contributed by atoms with van der Waals surface area (Å²) >= 11 is 3.30. The Hall–Kier alpha value is -1.07. The minimum Gasteiger partial charge on any atom is -0.507 e. The number of carbonyl (C=O) groups excluding carboxylic acids is 1. The number of likely N-dealkylation sites (N-methyl/N-ethyl adjacent to an activating group) is 1. The summed E-state index contributed by atoms with van der Waals surface area (Å²) < 4.78 is 0.779. The predicted molar refractivity (Wildman–Crippen MR) is 80.9 cm³/mol. The molecule has 3 rings (SSSR count). The molecule has 1 aromatic rings. The maximum atomic E-state index is 12.6. The van der Waals surface area contributed by atoms with Crippen LogP contribution in [-0.4, -0.2) is 53.0 Å². The van der Waals surface area contributed by atoms with E-state index in [0.29, 0.717) is 17.6 Å².